The highest BCUT2D eigenvalue weighted by atomic mass is 16.5. The van der Waals surface area contributed by atoms with Gasteiger partial charge in [-0.1, -0.05) is 0 Å². The molecule has 1 N–H and O–H groups in total. The fraction of sp³-hybridized carbons (Fsp3) is 0.615. The fourth-order valence-corrected chi connectivity index (χ4v) is 2.47. The van der Waals surface area contributed by atoms with Gasteiger partial charge in [-0.15, -0.1) is 0 Å². The number of rotatable bonds is 4. The second kappa shape index (κ2) is 5.12. The van der Waals surface area contributed by atoms with Crippen LogP contribution in [0.15, 0.2) is 10.5 Å². The predicted octanol–water partition coefficient (Wildman–Crippen LogP) is 1.90. The van der Waals surface area contributed by atoms with Gasteiger partial charge >= 0.3 is 5.97 Å². The zero-order valence-electron chi connectivity index (χ0n) is 11.0. The topological polar surface area (TPSA) is 62.9 Å². The maximum atomic E-state index is 10.8. The van der Waals surface area contributed by atoms with Crippen LogP contribution >= 0.6 is 0 Å². The average molecular weight is 253 g/mol. The summed E-state index contributed by atoms with van der Waals surface area (Å²) >= 11 is 0. The lowest BCUT2D eigenvalue weighted by atomic mass is 10.1. The Kier molecular flexibility index (Phi) is 3.73. The Bertz CT molecular complexity index is 440. The molecule has 5 heteroatoms. The van der Waals surface area contributed by atoms with Crippen molar-refractivity contribution < 1.29 is 19.1 Å². The fourth-order valence-electron chi connectivity index (χ4n) is 2.47. The van der Waals surface area contributed by atoms with E-state index in [1.54, 1.807) is 13.0 Å². The van der Waals surface area contributed by atoms with Gasteiger partial charge in [0.05, 0.1) is 6.10 Å². The largest absolute Gasteiger partial charge is 0.475 e. The molecule has 0 aliphatic carbocycles. The molecule has 18 heavy (non-hydrogen) atoms. The van der Waals surface area contributed by atoms with Crippen molar-refractivity contribution in [3.63, 3.8) is 0 Å². The van der Waals surface area contributed by atoms with E-state index in [9.17, 15) is 4.79 Å². The minimum absolute atomic E-state index is 0.00613. The number of ether oxygens (including phenoxy) is 1. The molecule has 2 unspecified atom stereocenters. The van der Waals surface area contributed by atoms with E-state index in [4.69, 9.17) is 14.3 Å². The molecule has 0 aromatic carbocycles. The molecule has 0 saturated carbocycles. The van der Waals surface area contributed by atoms with Gasteiger partial charge in [0, 0.05) is 24.8 Å². The number of carboxylic acid groups (broad SMARTS) is 1. The Morgan fingerprint density at radius 3 is 2.83 bits per heavy atom. The quantitative estimate of drug-likeness (QED) is 0.887. The maximum absolute atomic E-state index is 10.8. The van der Waals surface area contributed by atoms with Crippen LogP contribution in [0.2, 0.25) is 0 Å². The van der Waals surface area contributed by atoms with Crippen molar-refractivity contribution in [2.24, 2.45) is 0 Å². The van der Waals surface area contributed by atoms with Crippen LogP contribution in [0.4, 0.5) is 0 Å². The highest BCUT2D eigenvalue weighted by Gasteiger charge is 2.28. The smallest absolute Gasteiger partial charge is 0.371 e. The van der Waals surface area contributed by atoms with Crippen molar-refractivity contribution in [2.45, 2.75) is 39.0 Å². The molecule has 5 nitrogen and oxygen atoms in total. The normalized spacial score (nSPS) is 23.8. The molecule has 2 rings (SSSR count). The number of furan rings is 1. The summed E-state index contributed by atoms with van der Waals surface area (Å²) < 4.78 is 10.7. The molecule has 0 radical (unpaired) electrons. The van der Waals surface area contributed by atoms with Gasteiger partial charge in [-0.05, 0) is 33.4 Å². The van der Waals surface area contributed by atoms with Crippen molar-refractivity contribution in [3.05, 3.63) is 23.2 Å². The number of hydrogen-bond donors (Lipinski definition) is 1. The van der Waals surface area contributed by atoms with Crippen LogP contribution in [0.5, 0.6) is 0 Å². The Balaban J connectivity index is 2.06. The first-order chi connectivity index (χ1) is 8.49. The summed E-state index contributed by atoms with van der Waals surface area (Å²) in [6.45, 7) is 5.34. The molecule has 2 atom stereocenters. The Morgan fingerprint density at radius 2 is 2.33 bits per heavy atom. The highest BCUT2D eigenvalue weighted by molar-refractivity contribution is 5.84. The average Bonchev–Trinajstić information content (AvgIpc) is 2.86. The van der Waals surface area contributed by atoms with Gasteiger partial charge in [-0.3, -0.25) is 4.90 Å². The third-order valence-corrected chi connectivity index (χ3v) is 3.55. The molecule has 0 spiro atoms. The van der Waals surface area contributed by atoms with Crippen molar-refractivity contribution in [2.75, 3.05) is 13.7 Å². The second-order valence-corrected chi connectivity index (χ2v) is 4.84. The molecule has 1 aromatic heterocycles. The van der Waals surface area contributed by atoms with Crippen LogP contribution in [0.3, 0.4) is 0 Å². The number of nitrogens with zero attached hydrogens (tertiary/aromatic N) is 1. The van der Waals surface area contributed by atoms with Crippen molar-refractivity contribution >= 4 is 5.97 Å². The van der Waals surface area contributed by atoms with E-state index < -0.39 is 5.97 Å². The van der Waals surface area contributed by atoms with Crippen molar-refractivity contribution in [1.29, 1.82) is 0 Å². The molecular weight excluding hydrogens is 234 g/mol. The van der Waals surface area contributed by atoms with E-state index in [1.807, 2.05) is 7.05 Å². The van der Waals surface area contributed by atoms with Crippen LogP contribution in [0, 0.1) is 6.92 Å². The number of likely N-dealkylation sites (N-methyl/N-ethyl adjacent to an activating group) is 1. The number of carbonyl (C=O) groups is 1. The SMILES string of the molecule is Cc1oc(C(=O)O)cc1CN(C)C1CCOC1C. The van der Waals surface area contributed by atoms with E-state index in [1.165, 1.54) is 0 Å². The Morgan fingerprint density at radius 1 is 1.61 bits per heavy atom. The van der Waals surface area contributed by atoms with Crippen LogP contribution in [0.25, 0.3) is 0 Å². The molecule has 0 bridgehead atoms. The lowest BCUT2D eigenvalue weighted by molar-refractivity contribution is 0.0661. The van der Waals surface area contributed by atoms with Crippen molar-refractivity contribution in [1.82, 2.24) is 4.90 Å². The number of carboxylic acids is 1. The summed E-state index contributed by atoms with van der Waals surface area (Å²) in [5.74, 6) is -0.345. The number of hydrogen-bond acceptors (Lipinski definition) is 4. The molecule has 1 aromatic rings. The van der Waals surface area contributed by atoms with Gasteiger partial charge in [-0.2, -0.15) is 0 Å². The summed E-state index contributed by atoms with van der Waals surface area (Å²) in [5.41, 5.74) is 0.925. The van der Waals surface area contributed by atoms with Crippen LogP contribution in [0.1, 0.15) is 35.2 Å². The molecule has 1 saturated heterocycles. The summed E-state index contributed by atoms with van der Waals surface area (Å²) in [5, 5.41) is 8.88. The van der Waals surface area contributed by atoms with Crippen molar-refractivity contribution in [3.8, 4) is 0 Å². The molecule has 2 heterocycles. The summed E-state index contributed by atoms with van der Waals surface area (Å²) in [6, 6.07) is 1.99. The number of aryl methyl sites for hydroxylation is 1. The lowest BCUT2D eigenvalue weighted by Crippen LogP contribution is -2.36. The monoisotopic (exact) mass is 253 g/mol. The molecule has 1 fully saturated rings. The summed E-state index contributed by atoms with van der Waals surface area (Å²) in [7, 11) is 2.03. The third-order valence-electron chi connectivity index (χ3n) is 3.55. The van der Waals surface area contributed by atoms with Crippen LogP contribution in [-0.4, -0.2) is 41.8 Å². The molecule has 1 aliphatic rings. The van der Waals surface area contributed by atoms with E-state index in [0.29, 0.717) is 18.3 Å². The zero-order chi connectivity index (χ0) is 13.3. The minimum atomic E-state index is -1.02. The van der Waals surface area contributed by atoms with Crippen LogP contribution < -0.4 is 0 Å². The van der Waals surface area contributed by atoms with Gasteiger partial charge in [-0.25, -0.2) is 4.79 Å². The van der Waals surface area contributed by atoms with Gasteiger partial charge < -0.3 is 14.3 Å². The Hall–Kier alpha value is -1.33. The molecule has 0 amide bonds. The predicted molar refractivity (Wildman–Crippen MR) is 65.7 cm³/mol. The Labute approximate surface area is 106 Å². The first-order valence-corrected chi connectivity index (χ1v) is 6.13. The van der Waals surface area contributed by atoms with E-state index >= 15 is 0 Å². The van der Waals surface area contributed by atoms with Crippen LogP contribution in [-0.2, 0) is 11.3 Å². The van der Waals surface area contributed by atoms with E-state index in [0.717, 1.165) is 18.6 Å². The molecule has 1 aliphatic heterocycles. The second-order valence-electron chi connectivity index (χ2n) is 4.84. The first-order valence-electron chi connectivity index (χ1n) is 6.13. The van der Waals surface area contributed by atoms with Gasteiger partial charge in [0.1, 0.15) is 5.76 Å². The minimum Gasteiger partial charge on any atom is -0.475 e. The van der Waals surface area contributed by atoms with Gasteiger partial charge in [0.2, 0.25) is 5.76 Å². The van der Waals surface area contributed by atoms with Gasteiger partial charge in [0.15, 0.2) is 0 Å². The maximum Gasteiger partial charge on any atom is 0.371 e. The van der Waals surface area contributed by atoms with E-state index in [2.05, 4.69) is 11.8 Å². The molecular formula is C13H19NO4. The van der Waals surface area contributed by atoms with E-state index in [-0.39, 0.29) is 11.9 Å². The first kappa shape index (κ1) is 13.1. The molecule has 100 valence electrons. The van der Waals surface area contributed by atoms with Gasteiger partial charge in [0.25, 0.3) is 0 Å². The standard InChI is InChI=1S/C13H19NO4/c1-8-10(6-12(18-8)13(15)16)7-14(3)11-4-5-17-9(11)2/h6,9,11H,4-5,7H2,1-3H3,(H,15,16). The third kappa shape index (κ3) is 2.57. The number of aromatic carboxylic acids is 1. The zero-order valence-corrected chi connectivity index (χ0v) is 11.0. The summed E-state index contributed by atoms with van der Waals surface area (Å²) in [6.07, 6.45) is 1.24. The summed E-state index contributed by atoms with van der Waals surface area (Å²) in [4.78, 5) is 13.0. The lowest BCUT2D eigenvalue weighted by Gasteiger charge is -2.26. The highest BCUT2D eigenvalue weighted by Crippen LogP contribution is 2.22.